The highest BCUT2D eigenvalue weighted by molar-refractivity contribution is 5.92. The van der Waals surface area contributed by atoms with Crippen molar-refractivity contribution in [2.45, 2.75) is 12.8 Å². The number of nitrogens with one attached hydrogen (secondary N) is 2. The van der Waals surface area contributed by atoms with Crippen molar-refractivity contribution < 1.29 is 40.5 Å². The van der Waals surface area contributed by atoms with Gasteiger partial charge in [0.25, 0.3) is 11.8 Å². The predicted molar refractivity (Wildman–Crippen MR) is 120 cm³/mol. The number of carbonyl (C=O) groups excluding carboxylic acids is 2. The van der Waals surface area contributed by atoms with Gasteiger partial charge in [-0.25, -0.2) is 9.97 Å². The van der Waals surface area contributed by atoms with E-state index >= 15 is 0 Å². The molecule has 2 rings (SSSR count). The Balaban J connectivity index is 0. The summed E-state index contributed by atoms with van der Waals surface area (Å²) in [6, 6.07) is 6.13. The number of aromatic nitrogens is 2. The van der Waals surface area contributed by atoms with Crippen LogP contribution in [0.2, 0.25) is 0 Å². The lowest BCUT2D eigenvalue weighted by molar-refractivity contribution is 0.0950. The normalized spacial score (nSPS) is 9.33. The Hall–Kier alpha value is -3.35. The fraction of sp³-hybridized carbons (Fsp3) is 0.429. The topological polar surface area (TPSA) is 174 Å². The van der Waals surface area contributed by atoms with Crippen LogP contribution < -0.4 is 15.4 Å². The molecule has 0 bridgehead atoms. The van der Waals surface area contributed by atoms with Crippen LogP contribution in [0.5, 0.6) is 11.5 Å². The third-order valence-corrected chi connectivity index (χ3v) is 3.29. The van der Waals surface area contributed by atoms with Crippen LogP contribution >= 0.6 is 0 Å². The summed E-state index contributed by atoms with van der Waals surface area (Å²) in [5.74, 6) is 0.163. The maximum absolute atomic E-state index is 11.1. The molecule has 0 fully saturated rings. The van der Waals surface area contributed by atoms with E-state index in [0.717, 1.165) is 0 Å². The van der Waals surface area contributed by atoms with E-state index in [1.807, 2.05) is 0 Å². The average molecular weight is 474 g/mol. The smallest absolute Gasteiger partial charge is 0.269 e. The molecule has 0 aliphatic carbocycles. The highest BCUT2D eigenvalue weighted by Crippen LogP contribution is 2.09. The Labute approximate surface area is 193 Å². The van der Waals surface area contributed by atoms with Gasteiger partial charge in [0.1, 0.15) is 22.9 Å². The number of aliphatic hydroxyl groups excluding tert-OH is 3. The van der Waals surface area contributed by atoms with Gasteiger partial charge in [0.15, 0.2) is 0 Å². The van der Waals surface area contributed by atoms with E-state index in [4.69, 9.17) is 26.5 Å². The van der Waals surface area contributed by atoms with Gasteiger partial charge in [-0.1, -0.05) is 0 Å². The van der Waals surface area contributed by atoms with Gasteiger partial charge in [0, 0.05) is 40.3 Å². The number of rotatable bonds is 8. The number of halogens is 1. The predicted octanol–water partition coefficient (Wildman–Crippen LogP) is 0.296. The molecule has 2 aromatic heterocycles. The van der Waals surface area contributed by atoms with Crippen LogP contribution in [0, 0.1) is 0 Å². The van der Waals surface area contributed by atoms with Crippen molar-refractivity contribution in [2.75, 3.05) is 47.7 Å². The first-order valence-electron chi connectivity index (χ1n) is 10.4. The zero-order valence-electron chi connectivity index (χ0n) is 19.7. The summed E-state index contributed by atoms with van der Waals surface area (Å²) in [5, 5.41) is 38.1. The molecule has 2 amide bonds. The number of aromatic hydroxyl groups is 1. The molecule has 33 heavy (non-hydrogen) atoms. The van der Waals surface area contributed by atoms with Gasteiger partial charge in [-0.2, -0.15) is 0 Å². The van der Waals surface area contributed by atoms with Crippen molar-refractivity contribution >= 4 is 11.8 Å². The Morgan fingerprint density at radius 2 is 1.42 bits per heavy atom. The lowest BCUT2D eigenvalue weighted by atomic mass is 10.3. The maximum Gasteiger partial charge on any atom is 0.269 e. The second-order valence-electron chi connectivity index (χ2n) is 5.67. The molecule has 0 saturated carbocycles. The van der Waals surface area contributed by atoms with E-state index in [1.165, 1.54) is 31.6 Å². The number of hydrogen-bond acceptors (Lipinski definition) is 9. The summed E-state index contributed by atoms with van der Waals surface area (Å²) < 4.78 is 20.8. The summed E-state index contributed by atoms with van der Waals surface area (Å²) in [7, 11) is 2.08. The first-order valence-corrected chi connectivity index (χ1v) is 9.70. The van der Waals surface area contributed by atoms with E-state index in [2.05, 4.69) is 20.6 Å². The summed E-state index contributed by atoms with van der Waals surface area (Å²) in [4.78, 5) is 29.6. The molecule has 0 spiro atoms. The third-order valence-electron chi connectivity index (χ3n) is 3.29. The number of pyridine rings is 2. The number of carbonyl (C=O) groups is 2. The highest BCUT2D eigenvalue weighted by atomic mass is 19.1. The van der Waals surface area contributed by atoms with Gasteiger partial charge in [-0.15, -0.1) is 0 Å². The van der Waals surface area contributed by atoms with Gasteiger partial charge in [-0.05, 0) is 30.7 Å². The van der Waals surface area contributed by atoms with Crippen LogP contribution in [0.3, 0.4) is 0 Å². The summed E-state index contributed by atoms with van der Waals surface area (Å²) in [6.07, 6.45) is 3.80. The van der Waals surface area contributed by atoms with Gasteiger partial charge in [0.05, 0.1) is 27.5 Å². The first kappa shape index (κ1) is 29.7. The summed E-state index contributed by atoms with van der Waals surface area (Å²) in [5.41, 5.74) is 0.650. The van der Waals surface area contributed by atoms with E-state index in [9.17, 15) is 14.0 Å². The molecule has 12 heteroatoms. The fourth-order valence-corrected chi connectivity index (χ4v) is 1.70. The molecule has 0 aromatic carbocycles. The lowest BCUT2D eigenvalue weighted by Gasteiger charge is -2.04. The second kappa shape index (κ2) is 21.9. The van der Waals surface area contributed by atoms with Gasteiger partial charge < -0.3 is 35.8 Å². The second-order valence-corrected chi connectivity index (χ2v) is 5.67. The molecule has 0 unspecified atom stereocenters. The van der Waals surface area contributed by atoms with Crippen molar-refractivity contribution in [1.82, 2.24) is 20.6 Å². The molecule has 186 valence electrons. The lowest BCUT2D eigenvalue weighted by Crippen LogP contribution is -2.18. The SMILES string of the molecule is CNC(=O)c1ccc(O)cn1.CNC(=O)c1ccc(OCCCO)cn1.OCCCO.[2H]CF. The van der Waals surface area contributed by atoms with Crippen molar-refractivity contribution in [3.05, 3.63) is 48.0 Å². The van der Waals surface area contributed by atoms with Crippen LogP contribution in [-0.2, 0) is 0 Å². The fourth-order valence-electron chi connectivity index (χ4n) is 1.70. The van der Waals surface area contributed by atoms with Crippen molar-refractivity contribution in [3.8, 4) is 11.5 Å². The van der Waals surface area contributed by atoms with Crippen LogP contribution in [0.1, 0.15) is 35.2 Å². The molecule has 11 nitrogen and oxygen atoms in total. The molecule has 2 heterocycles. The molecule has 0 aliphatic rings. The third kappa shape index (κ3) is 16.0. The number of aliphatic hydroxyl groups is 3. The van der Waals surface area contributed by atoms with Gasteiger partial charge in [-0.3, -0.25) is 14.0 Å². The summed E-state index contributed by atoms with van der Waals surface area (Å²) >= 11 is 0. The van der Waals surface area contributed by atoms with E-state index in [0.29, 0.717) is 36.6 Å². The monoisotopic (exact) mass is 473 g/mol. The standard InChI is InChI=1S/C10H14N2O3.C7H8N2O2.C3H8O2.CH3F/c1-11-10(14)9-4-3-8(7-12-9)15-6-2-5-13;1-8-7(11)6-3-2-5(10)4-9-6;4-2-1-3-5;1-2/h3-4,7,13H,2,5-6H2,1H3,(H,11,14);2-4,10H,1H3,(H,8,11);4-5H,1-3H2;1H3/i;;;1D. The molecule has 0 saturated heterocycles. The van der Waals surface area contributed by atoms with Crippen LogP contribution in [0.4, 0.5) is 4.39 Å². The molecular formula is C21H33FN4O7. The number of ether oxygens (including phenoxy) is 1. The number of nitrogens with zero attached hydrogens (tertiary/aromatic N) is 2. The van der Waals surface area contributed by atoms with Crippen molar-refractivity contribution in [1.29, 1.82) is 0 Å². The Morgan fingerprint density at radius 3 is 1.76 bits per heavy atom. The Kier molecular flexibility index (Phi) is 19.6. The van der Waals surface area contributed by atoms with E-state index in [-0.39, 0.29) is 37.4 Å². The van der Waals surface area contributed by atoms with Gasteiger partial charge >= 0.3 is 0 Å². The number of amides is 2. The van der Waals surface area contributed by atoms with E-state index in [1.54, 1.807) is 19.2 Å². The van der Waals surface area contributed by atoms with Crippen LogP contribution in [-0.4, -0.2) is 89.9 Å². The molecular weight excluding hydrogens is 439 g/mol. The van der Waals surface area contributed by atoms with Crippen LogP contribution in [0.15, 0.2) is 36.7 Å². The van der Waals surface area contributed by atoms with Gasteiger partial charge in [0.2, 0.25) is 0 Å². The number of hydrogen-bond donors (Lipinski definition) is 6. The molecule has 0 aliphatic heterocycles. The Morgan fingerprint density at radius 1 is 0.939 bits per heavy atom. The van der Waals surface area contributed by atoms with Crippen molar-refractivity contribution in [2.24, 2.45) is 0 Å². The zero-order chi connectivity index (χ0) is 26.2. The number of alkyl halides is 1. The minimum atomic E-state index is -1.00. The Bertz CT molecular complexity index is 767. The average Bonchev–Trinajstić information content (AvgIpc) is 2.86. The zero-order valence-corrected chi connectivity index (χ0v) is 18.7. The largest absolute Gasteiger partial charge is 0.506 e. The quantitative estimate of drug-likeness (QED) is 0.295. The van der Waals surface area contributed by atoms with Crippen molar-refractivity contribution in [3.63, 3.8) is 0 Å². The maximum atomic E-state index is 11.1. The minimum absolute atomic E-state index is 0.0534. The molecule has 0 atom stereocenters. The van der Waals surface area contributed by atoms with Crippen LogP contribution in [0.25, 0.3) is 0 Å². The molecule has 6 N–H and O–H groups in total. The molecule has 0 radical (unpaired) electrons. The highest BCUT2D eigenvalue weighted by Gasteiger charge is 2.04. The minimum Gasteiger partial charge on any atom is -0.506 e. The first-order chi connectivity index (χ1) is 16.3. The van der Waals surface area contributed by atoms with E-state index < -0.39 is 7.15 Å². The molecule has 2 aromatic rings. The summed E-state index contributed by atoms with van der Waals surface area (Å²) in [6.45, 7) is 0.730.